The number of ether oxygens (including phenoxy) is 2. The smallest absolute Gasteiger partial charge is 0.311 e. The van der Waals surface area contributed by atoms with Crippen LogP contribution in [0.5, 0.6) is 5.75 Å². The molecule has 1 atom stereocenters. The second-order valence-corrected chi connectivity index (χ2v) is 8.06. The third-order valence-corrected chi connectivity index (χ3v) is 5.79. The minimum Gasteiger partial charge on any atom is -0.495 e. The summed E-state index contributed by atoms with van der Waals surface area (Å²) in [5.74, 6) is -0.821. The number of furan rings is 2. The first-order valence-corrected chi connectivity index (χ1v) is 10.8. The molecule has 2 aromatic heterocycles. The summed E-state index contributed by atoms with van der Waals surface area (Å²) in [5.41, 5.74) is 1.72. The number of carbonyl (C=O) groups excluding carboxylic acids is 3. The van der Waals surface area contributed by atoms with E-state index in [4.69, 9.17) is 18.3 Å². The molecule has 34 heavy (non-hydrogen) atoms. The van der Waals surface area contributed by atoms with Crippen molar-refractivity contribution in [1.82, 2.24) is 4.90 Å². The number of anilines is 1. The van der Waals surface area contributed by atoms with Gasteiger partial charge in [-0.1, -0.05) is 18.2 Å². The number of methoxy groups -OCH3 is 1. The van der Waals surface area contributed by atoms with Gasteiger partial charge >= 0.3 is 5.97 Å². The highest BCUT2D eigenvalue weighted by atomic mass is 16.5. The van der Waals surface area contributed by atoms with Crippen molar-refractivity contribution in [3.05, 3.63) is 60.6 Å². The first kappa shape index (κ1) is 21.6. The van der Waals surface area contributed by atoms with Gasteiger partial charge in [-0.2, -0.15) is 0 Å². The molecular formula is C25H22N2O7. The molecule has 9 heteroatoms. The Bertz CT molecular complexity index is 1370. The van der Waals surface area contributed by atoms with Crippen LogP contribution in [0.4, 0.5) is 5.69 Å². The highest BCUT2D eigenvalue weighted by molar-refractivity contribution is 6.08. The number of hydrogen-bond acceptors (Lipinski definition) is 7. The molecular weight excluding hydrogens is 440 g/mol. The molecule has 9 nitrogen and oxygen atoms in total. The van der Waals surface area contributed by atoms with Crippen molar-refractivity contribution in [2.45, 2.75) is 13.0 Å². The average molecular weight is 462 g/mol. The standard InChI is InChI=1S/C25H22N2O7/c1-31-22-10-18-17-6-2-3-7-20(17)34-21(18)11-19(22)26-23(28)14-33-25(30)15-9-24(29)27(12-15)13-16-5-4-8-32-16/h2-8,10-11,15H,9,12-14H2,1H3,(H,26,28)/t15-/m1/s1. The van der Waals surface area contributed by atoms with E-state index in [1.165, 1.54) is 18.3 Å². The first-order chi connectivity index (χ1) is 16.5. The topological polar surface area (TPSA) is 111 Å². The van der Waals surface area contributed by atoms with E-state index in [1.807, 2.05) is 24.3 Å². The second-order valence-electron chi connectivity index (χ2n) is 8.06. The number of esters is 1. The van der Waals surface area contributed by atoms with Crippen LogP contribution in [-0.2, 0) is 25.7 Å². The van der Waals surface area contributed by atoms with Crippen LogP contribution in [0.25, 0.3) is 21.9 Å². The maximum Gasteiger partial charge on any atom is 0.311 e. The van der Waals surface area contributed by atoms with Gasteiger partial charge in [0.2, 0.25) is 5.91 Å². The highest BCUT2D eigenvalue weighted by Crippen LogP contribution is 2.36. The number of nitrogens with zero attached hydrogens (tertiary/aromatic N) is 1. The number of carbonyl (C=O) groups is 3. The zero-order valence-electron chi connectivity index (χ0n) is 18.4. The zero-order chi connectivity index (χ0) is 23.7. The Balaban J connectivity index is 1.21. The number of para-hydroxylation sites is 1. The van der Waals surface area contributed by atoms with Gasteiger partial charge in [0.15, 0.2) is 6.61 Å². The lowest BCUT2D eigenvalue weighted by atomic mass is 10.1. The summed E-state index contributed by atoms with van der Waals surface area (Å²) >= 11 is 0. The second kappa shape index (κ2) is 8.93. The fourth-order valence-electron chi connectivity index (χ4n) is 4.13. The van der Waals surface area contributed by atoms with Crippen LogP contribution >= 0.6 is 0 Å². The molecule has 5 rings (SSSR count). The third kappa shape index (κ3) is 4.19. The monoisotopic (exact) mass is 462 g/mol. The van der Waals surface area contributed by atoms with E-state index in [2.05, 4.69) is 5.32 Å². The average Bonchev–Trinajstić information content (AvgIpc) is 3.56. The van der Waals surface area contributed by atoms with Crippen LogP contribution in [0.15, 0.2) is 63.6 Å². The van der Waals surface area contributed by atoms with Crippen LogP contribution in [0.2, 0.25) is 0 Å². The minimum atomic E-state index is -0.628. The fourth-order valence-corrected chi connectivity index (χ4v) is 4.13. The largest absolute Gasteiger partial charge is 0.495 e. The zero-order valence-corrected chi connectivity index (χ0v) is 18.4. The SMILES string of the molecule is COc1cc2c(cc1NC(=O)COC(=O)[C@@H]1CC(=O)N(Cc3ccco3)C1)oc1ccccc12. The van der Waals surface area contributed by atoms with Gasteiger partial charge in [-0.25, -0.2) is 0 Å². The molecule has 1 aliphatic rings. The van der Waals surface area contributed by atoms with Crippen molar-refractivity contribution in [2.24, 2.45) is 5.92 Å². The Hall–Kier alpha value is -4.27. The molecule has 1 saturated heterocycles. The maximum absolute atomic E-state index is 12.5. The molecule has 0 saturated carbocycles. The summed E-state index contributed by atoms with van der Waals surface area (Å²) in [4.78, 5) is 38.7. The normalized spacial score (nSPS) is 15.7. The highest BCUT2D eigenvalue weighted by Gasteiger charge is 2.36. The Morgan fingerprint density at radius 3 is 2.76 bits per heavy atom. The quantitative estimate of drug-likeness (QED) is 0.417. The number of fused-ring (bicyclic) bond motifs is 3. The molecule has 0 unspecified atom stereocenters. The number of rotatable bonds is 7. The van der Waals surface area contributed by atoms with Gasteiger partial charge in [-0.15, -0.1) is 0 Å². The molecule has 2 amide bonds. The molecule has 4 aromatic rings. The van der Waals surface area contributed by atoms with E-state index in [0.29, 0.717) is 29.3 Å². The molecule has 1 aliphatic heterocycles. The molecule has 0 aliphatic carbocycles. The van der Waals surface area contributed by atoms with Crippen molar-refractivity contribution in [3.8, 4) is 5.75 Å². The summed E-state index contributed by atoms with van der Waals surface area (Å²) in [7, 11) is 1.50. The maximum atomic E-state index is 12.5. The van der Waals surface area contributed by atoms with Crippen molar-refractivity contribution >= 4 is 45.4 Å². The van der Waals surface area contributed by atoms with Crippen LogP contribution in [0.1, 0.15) is 12.2 Å². The van der Waals surface area contributed by atoms with E-state index >= 15 is 0 Å². The summed E-state index contributed by atoms with van der Waals surface area (Å²) in [6.07, 6.45) is 1.57. The molecule has 0 bridgehead atoms. The number of nitrogens with one attached hydrogen (secondary N) is 1. The Morgan fingerprint density at radius 2 is 1.97 bits per heavy atom. The van der Waals surface area contributed by atoms with Crippen LogP contribution in [0.3, 0.4) is 0 Å². The van der Waals surface area contributed by atoms with Crippen molar-refractivity contribution < 1.29 is 32.7 Å². The lowest BCUT2D eigenvalue weighted by Gasteiger charge is -2.15. The summed E-state index contributed by atoms with van der Waals surface area (Å²) in [6.45, 7) is 0.0275. The molecule has 1 fully saturated rings. The van der Waals surface area contributed by atoms with Gasteiger partial charge in [0.25, 0.3) is 5.91 Å². The molecule has 2 aromatic carbocycles. The van der Waals surface area contributed by atoms with Gasteiger partial charge in [0, 0.05) is 29.8 Å². The van der Waals surface area contributed by atoms with E-state index in [-0.39, 0.29) is 18.9 Å². The van der Waals surface area contributed by atoms with Gasteiger partial charge in [-0.05, 0) is 24.3 Å². The molecule has 3 heterocycles. The third-order valence-electron chi connectivity index (χ3n) is 5.79. The van der Waals surface area contributed by atoms with E-state index in [9.17, 15) is 14.4 Å². The molecule has 0 radical (unpaired) electrons. The van der Waals surface area contributed by atoms with Crippen LogP contribution < -0.4 is 10.1 Å². The molecule has 0 spiro atoms. The number of hydrogen-bond donors (Lipinski definition) is 1. The van der Waals surface area contributed by atoms with Crippen molar-refractivity contribution in [3.63, 3.8) is 0 Å². The van der Waals surface area contributed by atoms with E-state index in [0.717, 1.165) is 16.4 Å². The van der Waals surface area contributed by atoms with Crippen molar-refractivity contribution in [2.75, 3.05) is 25.6 Å². The molecule has 174 valence electrons. The van der Waals surface area contributed by atoms with Gasteiger partial charge in [-0.3, -0.25) is 14.4 Å². The Kier molecular flexibility index (Phi) is 5.67. The van der Waals surface area contributed by atoms with E-state index in [1.54, 1.807) is 24.3 Å². The summed E-state index contributed by atoms with van der Waals surface area (Å²) in [6, 6.07) is 14.6. The number of amides is 2. The van der Waals surface area contributed by atoms with Crippen molar-refractivity contribution in [1.29, 1.82) is 0 Å². The fraction of sp³-hybridized carbons (Fsp3) is 0.240. The van der Waals surface area contributed by atoms with Gasteiger partial charge in [0.1, 0.15) is 22.7 Å². The number of benzene rings is 2. The first-order valence-electron chi connectivity index (χ1n) is 10.8. The summed E-state index contributed by atoms with van der Waals surface area (Å²) in [5, 5.41) is 4.50. The predicted molar refractivity (Wildman–Crippen MR) is 122 cm³/mol. The summed E-state index contributed by atoms with van der Waals surface area (Å²) < 4.78 is 21.7. The molecule has 1 N–H and O–H groups in total. The lowest BCUT2D eigenvalue weighted by molar-refractivity contribution is -0.151. The van der Waals surface area contributed by atoms with Crippen LogP contribution in [-0.4, -0.2) is 42.9 Å². The Labute approximate surface area is 194 Å². The minimum absolute atomic E-state index is 0.0394. The van der Waals surface area contributed by atoms with Gasteiger partial charge < -0.3 is 28.5 Å². The predicted octanol–water partition coefficient (Wildman–Crippen LogP) is 3.72. The Morgan fingerprint density at radius 1 is 1.12 bits per heavy atom. The van der Waals surface area contributed by atoms with E-state index < -0.39 is 24.4 Å². The lowest BCUT2D eigenvalue weighted by Crippen LogP contribution is -2.28. The number of likely N-dealkylation sites (tertiary alicyclic amines) is 1. The van der Waals surface area contributed by atoms with Crippen LogP contribution in [0, 0.1) is 5.92 Å². The van der Waals surface area contributed by atoms with Gasteiger partial charge in [0.05, 0.1) is 31.5 Å².